The van der Waals surface area contributed by atoms with Gasteiger partial charge in [-0.3, -0.25) is 10.1 Å². The summed E-state index contributed by atoms with van der Waals surface area (Å²) in [4.78, 5) is 14.0. The molecule has 15 aromatic rings. The maximum Gasteiger partial charge on any atom is 0.293 e. The fraction of sp³-hybridized carbons (Fsp3) is 0.0449. The van der Waals surface area contributed by atoms with E-state index in [1.165, 1.54) is 85.0 Å². The van der Waals surface area contributed by atoms with E-state index in [9.17, 15) is 36.2 Å². The summed E-state index contributed by atoms with van der Waals surface area (Å²) in [6.45, 7) is 8.39. The van der Waals surface area contributed by atoms with E-state index >= 15 is 0 Å². The Kier molecular flexibility index (Phi) is 36.6. The molecule has 39 heteroatoms. The summed E-state index contributed by atoms with van der Waals surface area (Å²) in [6.07, 6.45) is 0. The van der Waals surface area contributed by atoms with E-state index in [1.807, 2.05) is 119 Å². The van der Waals surface area contributed by atoms with Crippen molar-refractivity contribution in [2.45, 2.75) is 27.7 Å². The van der Waals surface area contributed by atoms with Crippen LogP contribution in [-0.2, 0) is 0 Å². The lowest BCUT2D eigenvalue weighted by Gasteiger charge is -2.19. The molecule has 15 rings (SSSR count). The number of halogens is 15. The maximum absolute atomic E-state index is 11.2. The number of nitrogen functional groups attached to an aromatic ring is 1. The van der Waals surface area contributed by atoms with Gasteiger partial charge in [0, 0.05) is 91.6 Å². The van der Waals surface area contributed by atoms with Crippen LogP contribution in [0.4, 0.5) is 68.2 Å². The van der Waals surface area contributed by atoms with Crippen LogP contribution in [0.25, 0.3) is 0 Å². The number of anilines is 11. The summed E-state index contributed by atoms with van der Waals surface area (Å²) < 4.78 is 3.54. The molecule has 0 aliphatic heterocycles. The van der Waals surface area contributed by atoms with Gasteiger partial charge in [-0.25, -0.2) is 0 Å². The van der Waals surface area contributed by atoms with Gasteiger partial charge < -0.3 is 58.4 Å². The van der Waals surface area contributed by atoms with Gasteiger partial charge in [0.05, 0.1) is 102 Å². The van der Waals surface area contributed by atoms with Crippen LogP contribution in [0.5, 0.6) is 0 Å². The van der Waals surface area contributed by atoms with Crippen molar-refractivity contribution in [3.05, 3.63) is 391 Å². The molecule has 0 atom stereocenters. The molecule has 5 aromatic heterocycles. The Hall–Kier alpha value is -8.64. The quantitative estimate of drug-likeness (QED) is 0.0105. The number of nitrogens with one attached hydrogen (secondary N) is 5. The molecule has 656 valence electrons. The molecule has 0 saturated carbocycles. The summed E-state index contributed by atoms with van der Waals surface area (Å²) in [7, 11) is 0. The van der Waals surface area contributed by atoms with Crippen molar-refractivity contribution in [1.82, 2.24) is 0 Å². The van der Waals surface area contributed by atoms with Crippen molar-refractivity contribution < 1.29 is 31.0 Å². The predicted molar refractivity (Wildman–Crippen MR) is 555 cm³/mol. The van der Waals surface area contributed by atoms with Gasteiger partial charge in [-0.05, 0) is 259 Å². The van der Waals surface area contributed by atoms with E-state index in [-0.39, 0.29) is 11.4 Å². The molecule has 0 fully saturated rings. The van der Waals surface area contributed by atoms with Gasteiger partial charge in [0.2, 0.25) is 0 Å². The number of hydrogen-bond acceptors (Lipinski definition) is 23. The minimum atomic E-state index is -0.474. The van der Waals surface area contributed by atoms with E-state index in [1.54, 1.807) is 109 Å². The molecule has 0 saturated heterocycles. The zero-order chi connectivity index (χ0) is 92.3. The number of para-hydroxylation sites is 1. The van der Waals surface area contributed by atoms with Crippen LogP contribution in [0.2, 0.25) is 55.2 Å². The molecule has 19 nitrogen and oxygen atoms in total. The van der Waals surface area contributed by atoms with Crippen LogP contribution in [-0.4, -0.2) is 59.5 Å². The van der Waals surface area contributed by atoms with Gasteiger partial charge in [0.1, 0.15) is 34.2 Å². The molecule has 5 heterocycles. The second-order valence-electron chi connectivity index (χ2n) is 26.7. The number of nitro groups is 1. The first-order valence-corrected chi connectivity index (χ1v) is 48.4. The minimum absolute atomic E-state index is 0.0763. The first-order chi connectivity index (χ1) is 61.3. The lowest BCUT2D eigenvalue weighted by Crippen LogP contribution is -2.05. The smallest absolute Gasteiger partial charge is 0.293 e. The number of nitro benzene ring substituents is 1. The highest BCUT2D eigenvalue weighted by molar-refractivity contribution is 9.11. The molecule has 0 amide bonds. The largest absolute Gasteiger partial charge is 0.410 e. The second-order valence-corrected chi connectivity index (χ2v) is 39.3. The van der Waals surface area contributed by atoms with Crippen LogP contribution in [0.3, 0.4) is 0 Å². The van der Waals surface area contributed by atoms with E-state index in [0.29, 0.717) is 152 Å². The molecule has 12 N–H and O–H groups in total. The number of benzene rings is 10. The van der Waals surface area contributed by atoms with Gasteiger partial charge >= 0.3 is 0 Å². The van der Waals surface area contributed by atoms with Crippen molar-refractivity contribution >= 4 is 345 Å². The molecule has 0 unspecified atom stereocenters. The summed E-state index contributed by atoms with van der Waals surface area (Å²) in [5.74, 6) is 0. The van der Waals surface area contributed by atoms with Crippen molar-refractivity contribution in [3.8, 4) is 0 Å². The Morgan fingerprint density at radius 2 is 0.609 bits per heavy atom. The second kappa shape index (κ2) is 46.9. The Morgan fingerprint density at radius 3 is 0.906 bits per heavy atom. The van der Waals surface area contributed by atoms with Crippen LogP contribution >= 0.6 is 248 Å². The number of hydrogen-bond donors (Lipinski definition) is 11. The molecular weight excluding hydrogens is 2220 g/mol. The van der Waals surface area contributed by atoms with Crippen LogP contribution in [0.1, 0.15) is 74.5 Å². The van der Waals surface area contributed by atoms with Gasteiger partial charge in [-0.15, -0.1) is 56.7 Å². The third-order valence-electron chi connectivity index (χ3n) is 18.6. The third-order valence-corrected chi connectivity index (χ3v) is 29.9. The average molecular weight is 2280 g/mol. The van der Waals surface area contributed by atoms with Gasteiger partial charge in [-0.2, -0.15) is 0 Å². The summed E-state index contributed by atoms with van der Waals surface area (Å²) in [6, 6.07) is 61.0. The maximum atomic E-state index is 11.2. The zero-order valence-corrected chi connectivity index (χ0v) is 84.8. The molecule has 0 radical (unpaired) electrons. The minimum Gasteiger partial charge on any atom is -0.410 e. The van der Waals surface area contributed by atoms with Crippen molar-refractivity contribution in [2.75, 3.05) is 32.3 Å². The van der Waals surface area contributed by atoms with Gasteiger partial charge in [0.25, 0.3) is 5.69 Å². The monoisotopic (exact) mass is 2270 g/mol. The normalized spacial score (nSPS) is 11.6. The molecule has 0 aliphatic carbocycles. The fourth-order valence-corrected chi connectivity index (χ4v) is 21.2. The van der Waals surface area contributed by atoms with Crippen LogP contribution in [0.15, 0.2) is 277 Å². The Balaban J connectivity index is 0.000000155. The molecule has 0 bridgehead atoms. The topological polar surface area (TPSA) is 292 Å². The van der Waals surface area contributed by atoms with Crippen LogP contribution < -0.4 is 32.3 Å². The summed E-state index contributed by atoms with van der Waals surface area (Å²) >= 11 is 89.4. The average Bonchev–Trinajstić information content (AvgIpc) is 1.10. The van der Waals surface area contributed by atoms with E-state index in [2.05, 4.69) is 144 Å². The zero-order valence-electron chi connectivity index (χ0n) is 66.0. The fourth-order valence-electron chi connectivity index (χ4n) is 12.1. The molecule has 0 spiro atoms. The number of rotatable bonds is 21. The predicted octanol–water partition coefficient (Wildman–Crippen LogP) is 34.6. The highest BCUT2D eigenvalue weighted by atomic mass is 79.9. The highest BCUT2D eigenvalue weighted by Crippen LogP contribution is 2.42. The van der Waals surface area contributed by atoms with Crippen LogP contribution in [0, 0.1) is 37.8 Å². The Morgan fingerprint density at radius 1 is 0.320 bits per heavy atom. The van der Waals surface area contributed by atoms with Crippen molar-refractivity contribution in [2.24, 2.45) is 25.8 Å². The van der Waals surface area contributed by atoms with E-state index in [0.717, 1.165) is 58.9 Å². The number of nitrogens with zero attached hydrogens (tertiary/aromatic N) is 6. The summed E-state index contributed by atoms with van der Waals surface area (Å²) in [5, 5.41) is 106. The first-order valence-electron chi connectivity index (χ1n) is 36.7. The SMILES string of the molecule is Cc1c(C)c(Nc2ccc(C(=NO)c3sccc3Cl)c(Cl)c2)c(C)c(C)c1Br.Nc1cc(Br)ccc1Nc1ccc(C(=NO)c2sccc2Cl)c(Cl)c1.O=[N+]([O-])c1cc(Br)ccc1Nc1ccc(C(=NO)c2sccc2Cl)c(Cl)c1.ON=C(c1ccc(Nc2ccc(Br)cc2Cl)cc1Cl)c1sccc1Cl.ON=C(c1ccc(Nc2ccccc2)cc1Cl)c1sccc1Cl. The molecular formula is C89H63Br4Cl11N12O7S5. The van der Waals surface area contributed by atoms with Gasteiger partial charge in [0.15, 0.2) is 0 Å². The number of oxime groups is 5. The lowest BCUT2D eigenvalue weighted by molar-refractivity contribution is -0.384. The standard InChI is InChI=1S/C21H19BrCl2N2OS.C17H10BrCl3N2OS.C17H10BrCl2N3O3S.C17H12BrCl2N3OS.C17H12Cl2N2OS/c1-10-12(3)19(13(4)11(2)18(10)22)25-14-5-6-15(17(24)9-14)20(26-27)21-16(23)7-8-28-21;18-9-1-4-15(14(21)7-9)22-10-2-3-11(13(20)8-10)16(23-24)17-12(19)5-6-25-17;18-9-1-4-14(15(7-9)23(25)26)21-10-2-3-11(13(20)8-10)16(22-24)17-12(19)5-6-27-17;18-9-1-4-15(14(21)7-9)22-10-2-3-11(13(20)8-10)16(23-24)17-12(19)5-6-25-17;18-14-8-9-23-17(14)16(21-22)13-7-6-12(10-15(13)19)20-11-4-2-1-3-5-11/h5-9,25,27H,1-4H3;1-8,22,24H;1-8,21,24H;1-8,22,24H,21H2;1-10,20,22H. The number of nitrogens with two attached hydrogens (primary N) is 1. The van der Waals surface area contributed by atoms with E-state index in [4.69, 9.17) is 133 Å². The van der Waals surface area contributed by atoms with Crippen molar-refractivity contribution in [3.63, 3.8) is 0 Å². The summed E-state index contributed by atoms with van der Waals surface area (Å²) in [5.41, 5.74) is 23.5. The van der Waals surface area contributed by atoms with Crippen molar-refractivity contribution in [1.29, 1.82) is 0 Å². The third kappa shape index (κ3) is 25.1. The Bertz CT molecular complexity index is 6570. The highest BCUT2D eigenvalue weighted by Gasteiger charge is 2.25. The first kappa shape index (κ1) is 99.9. The lowest BCUT2D eigenvalue weighted by atomic mass is 9.98. The van der Waals surface area contributed by atoms with Gasteiger partial charge in [-0.1, -0.05) is 235 Å². The molecule has 10 aromatic carbocycles. The number of thiophene rings is 5. The van der Waals surface area contributed by atoms with E-state index < -0.39 is 4.92 Å². The Labute approximate surface area is 843 Å². The molecule has 128 heavy (non-hydrogen) atoms. The molecule has 0 aliphatic rings.